The minimum absolute atomic E-state index is 0. The average molecular weight is 182 g/mol. The number of nitrogens with zero attached hydrogens (tertiary/aromatic N) is 1. The lowest BCUT2D eigenvalue weighted by Crippen LogP contribution is -2.50. The highest BCUT2D eigenvalue weighted by Gasteiger charge is 2.10. The van der Waals surface area contributed by atoms with E-state index in [4.69, 9.17) is 10.5 Å². The van der Waals surface area contributed by atoms with Gasteiger partial charge in [0.2, 0.25) is 0 Å². The summed E-state index contributed by atoms with van der Waals surface area (Å²) in [7, 11) is 0. The summed E-state index contributed by atoms with van der Waals surface area (Å²) >= 11 is 0. The summed E-state index contributed by atoms with van der Waals surface area (Å²) in [6.07, 6.45) is 0. The van der Waals surface area contributed by atoms with Gasteiger partial charge < -0.3 is 10.5 Å². The number of carbonyl (C=O) groups excluding carboxylic acids is 1. The van der Waals surface area contributed by atoms with Crippen molar-refractivity contribution < 1.29 is 9.53 Å². The van der Waals surface area contributed by atoms with Gasteiger partial charge in [0.25, 0.3) is 0 Å². The molecule has 0 atom stereocenters. The molecule has 1 heterocycles. The predicted molar refractivity (Wildman–Crippen MR) is 42.4 cm³/mol. The van der Waals surface area contributed by atoms with Crippen LogP contribution >= 0.6 is 12.4 Å². The Balaban J connectivity index is 0.000001000. The van der Waals surface area contributed by atoms with Crippen LogP contribution in [0.4, 0.5) is 4.79 Å². The summed E-state index contributed by atoms with van der Waals surface area (Å²) in [5.41, 5.74) is 7.36. The number of primary amides is 1. The molecule has 0 radical (unpaired) electrons. The molecule has 3 N–H and O–H groups in total. The second-order valence-corrected chi connectivity index (χ2v) is 2.08. The molecule has 1 aliphatic heterocycles. The van der Waals surface area contributed by atoms with Gasteiger partial charge >= 0.3 is 6.03 Å². The number of rotatable bonds is 1. The van der Waals surface area contributed by atoms with Gasteiger partial charge in [0.1, 0.15) is 0 Å². The molecule has 1 rings (SSSR count). The molecular weight excluding hydrogens is 170 g/mol. The molecule has 0 aliphatic carbocycles. The van der Waals surface area contributed by atoms with E-state index >= 15 is 0 Å². The maximum Gasteiger partial charge on any atom is 0.326 e. The van der Waals surface area contributed by atoms with Crippen LogP contribution in [-0.2, 0) is 4.74 Å². The van der Waals surface area contributed by atoms with Crippen molar-refractivity contribution in [3.8, 4) is 0 Å². The molecule has 1 aliphatic rings. The summed E-state index contributed by atoms with van der Waals surface area (Å²) in [6.45, 7) is 2.73. The molecule has 2 amide bonds. The molecule has 6 heteroatoms. The van der Waals surface area contributed by atoms with Gasteiger partial charge in [-0.25, -0.2) is 9.80 Å². The number of carbonyl (C=O) groups is 1. The number of nitrogens with one attached hydrogen (secondary N) is 1. The maximum absolute atomic E-state index is 10.3. The largest absolute Gasteiger partial charge is 0.379 e. The first-order valence-corrected chi connectivity index (χ1v) is 3.18. The number of halogens is 1. The summed E-state index contributed by atoms with van der Waals surface area (Å²) in [4.78, 5) is 10.3. The Labute approximate surface area is 71.2 Å². The van der Waals surface area contributed by atoms with Crippen LogP contribution in [-0.4, -0.2) is 37.3 Å². The van der Waals surface area contributed by atoms with Crippen molar-refractivity contribution in [2.45, 2.75) is 0 Å². The highest BCUT2D eigenvalue weighted by Crippen LogP contribution is 1.90. The molecule has 1 saturated heterocycles. The Morgan fingerprint density at radius 2 is 2.00 bits per heavy atom. The Bertz CT molecular complexity index is 127. The Morgan fingerprint density at radius 1 is 1.45 bits per heavy atom. The van der Waals surface area contributed by atoms with Crippen molar-refractivity contribution in [2.75, 3.05) is 26.3 Å². The maximum atomic E-state index is 10.3. The number of amides is 2. The van der Waals surface area contributed by atoms with Gasteiger partial charge in [-0.05, 0) is 0 Å². The average Bonchev–Trinajstić information content (AvgIpc) is 1.88. The van der Waals surface area contributed by atoms with Crippen LogP contribution in [0.1, 0.15) is 0 Å². The molecular formula is C5H12ClN3O2. The van der Waals surface area contributed by atoms with Gasteiger partial charge in [0.05, 0.1) is 13.2 Å². The van der Waals surface area contributed by atoms with E-state index < -0.39 is 6.03 Å². The number of urea groups is 1. The van der Waals surface area contributed by atoms with E-state index in [9.17, 15) is 4.79 Å². The zero-order valence-electron chi connectivity index (χ0n) is 6.08. The van der Waals surface area contributed by atoms with Gasteiger partial charge in [-0.2, -0.15) is 0 Å². The van der Waals surface area contributed by atoms with Crippen molar-refractivity contribution >= 4 is 18.4 Å². The molecule has 11 heavy (non-hydrogen) atoms. The summed E-state index contributed by atoms with van der Waals surface area (Å²) in [5.74, 6) is 0. The highest BCUT2D eigenvalue weighted by atomic mass is 35.5. The van der Waals surface area contributed by atoms with Crippen LogP contribution in [0.2, 0.25) is 0 Å². The molecule has 0 aromatic heterocycles. The Kier molecular flexibility index (Phi) is 4.93. The van der Waals surface area contributed by atoms with E-state index in [1.807, 2.05) is 0 Å². The number of ether oxygens (including phenoxy) is 1. The standard InChI is InChI=1S/C5H11N3O2.ClH/c6-5(9)7-8-1-3-10-4-2-8;/h1-4H2,(H3,6,7,9);1H. The summed E-state index contributed by atoms with van der Waals surface area (Å²) in [6, 6.07) is -0.512. The molecule has 0 aromatic carbocycles. The molecule has 5 nitrogen and oxygen atoms in total. The van der Waals surface area contributed by atoms with Crippen LogP contribution in [0.15, 0.2) is 0 Å². The van der Waals surface area contributed by atoms with Gasteiger partial charge in [-0.15, -0.1) is 12.4 Å². The monoisotopic (exact) mass is 181 g/mol. The molecule has 0 spiro atoms. The highest BCUT2D eigenvalue weighted by molar-refractivity contribution is 5.85. The number of morpholine rings is 1. The van der Waals surface area contributed by atoms with Crippen LogP contribution in [0.25, 0.3) is 0 Å². The van der Waals surface area contributed by atoms with Gasteiger partial charge in [0, 0.05) is 13.1 Å². The topological polar surface area (TPSA) is 67.6 Å². The van der Waals surface area contributed by atoms with Crippen LogP contribution in [0.5, 0.6) is 0 Å². The van der Waals surface area contributed by atoms with Crippen LogP contribution < -0.4 is 11.2 Å². The first-order chi connectivity index (χ1) is 4.79. The third kappa shape index (κ3) is 4.02. The third-order valence-electron chi connectivity index (χ3n) is 1.28. The lowest BCUT2D eigenvalue weighted by atomic mass is 10.5. The zero-order valence-corrected chi connectivity index (χ0v) is 6.89. The normalized spacial score (nSPS) is 18.5. The van der Waals surface area contributed by atoms with Gasteiger partial charge in [-0.3, -0.25) is 5.43 Å². The van der Waals surface area contributed by atoms with E-state index in [1.165, 1.54) is 0 Å². The van der Waals surface area contributed by atoms with Crippen molar-refractivity contribution in [2.24, 2.45) is 5.73 Å². The number of nitrogens with two attached hydrogens (primary N) is 1. The number of hydrogen-bond donors (Lipinski definition) is 2. The summed E-state index contributed by atoms with van der Waals surface area (Å²) < 4.78 is 5.05. The lowest BCUT2D eigenvalue weighted by Gasteiger charge is -2.25. The quantitative estimate of drug-likeness (QED) is 0.564. The SMILES string of the molecule is Cl.NC(=O)NN1CCOCC1. The van der Waals surface area contributed by atoms with Crippen molar-refractivity contribution in [1.29, 1.82) is 0 Å². The first kappa shape index (κ1) is 10.5. The van der Waals surface area contributed by atoms with Crippen molar-refractivity contribution in [3.05, 3.63) is 0 Å². The van der Waals surface area contributed by atoms with E-state index in [2.05, 4.69) is 5.43 Å². The van der Waals surface area contributed by atoms with Gasteiger partial charge in [-0.1, -0.05) is 0 Å². The fraction of sp³-hybridized carbons (Fsp3) is 0.800. The number of hydrogen-bond acceptors (Lipinski definition) is 3. The lowest BCUT2D eigenvalue weighted by molar-refractivity contribution is 0.0203. The van der Waals surface area contributed by atoms with Crippen molar-refractivity contribution in [3.63, 3.8) is 0 Å². The molecule has 0 unspecified atom stereocenters. The Morgan fingerprint density at radius 3 is 2.45 bits per heavy atom. The zero-order chi connectivity index (χ0) is 7.40. The van der Waals surface area contributed by atoms with Gasteiger partial charge in [0.15, 0.2) is 0 Å². The second-order valence-electron chi connectivity index (χ2n) is 2.08. The minimum atomic E-state index is -0.512. The van der Waals surface area contributed by atoms with E-state index in [0.29, 0.717) is 26.3 Å². The Hall–Kier alpha value is -0.520. The second kappa shape index (κ2) is 5.17. The van der Waals surface area contributed by atoms with E-state index in [1.54, 1.807) is 5.01 Å². The van der Waals surface area contributed by atoms with Crippen LogP contribution in [0, 0.1) is 0 Å². The smallest absolute Gasteiger partial charge is 0.326 e. The summed E-state index contributed by atoms with van der Waals surface area (Å²) in [5, 5.41) is 1.74. The van der Waals surface area contributed by atoms with Crippen molar-refractivity contribution in [1.82, 2.24) is 10.4 Å². The van der Waals surface area contributed by atoms with Crippen LogP contribution in [0.3, 0.4) is 0 Å². The van der Waals surface area contributed by atoms with E-state index in [-0.39, 0.29) is 12.4 Å². The first-order valence-electron chi connectivity index (χ1n) is 3.18. The fourth-order valence-corrected chi connectivity index (χ4v) is 0.831. The molecule has 0 saturated carbocycles. The number of hydrazine groups is 1. The minimum Gasteiger partial charge on any atom is -0.379 e. The molecule has 0 bridgehead atoms. The predicted octanol–water partition coefficient (Wildman–Crippen LogP) is -0.676. The van der Waals surface area contributed by atoms with E-state index in [0.717, 1.165) is 0 Å². The molecule has 1 fully saturated rings. The third-order valence-corrected chi connectivity index (χ3v) is 1.28. The molecule has 66 valence electrons. The molecule has 0 aromatic rings. The fourth-order valence-electron chi connectivity index (χ4n) is 0.831.